The Bertz CT molecular complexity index is 599. The average molecular weight is 320 g/mol. The fourth-order valence-corrected chi connectivity index (χ4v) is 2.48. The Morgan fingerprint density at radius 2 is 1.74 bits per heavy atom. The molecule has 0 atom stereocenters. The smallest absolute Gasteiger partial charge is 0.410 e. The molecule has 0 saturated carbocycles. The van der Waals surface area contributed by atoms with E-state index in [2.05, 4.69) is 4.90 Å². The number of aromatic hydroxyl groups is 1. The van der Waals surface area contributed by atoms with Crippen LogP contribution in [0.5, 0.6) is 5.75 Å². The largest absolute Gasteiger partial charge is 0.507 e. The molecular formula is C17H24N2O4. The van der Waals surface area contributed by atoms with Gasteiger partial charge in [0.25, 0.3) is 0 Å². The predicted octanol–water partition coefficient (Wildman–Crippen LogP) is 2.65. The van der Waals surface area contributed by atoms with Crippen molar-refractivity contribution in [2.75, 3.05) is 31.1 Å². The van der Waals surface area contributed by atoms with Crippen LogP contribution in [-0.2, 0) is 4.74 Å². The first kappa shape index (κ1) is 17.1. The van der Waals surface area contributed by atoms with Gasteiger partial charge in [-0.05, 0) is 45.9 Å². The Labute approximate surface area is 136 Å². The molecule has 1 aliphatic heterocycles. The number of phenolic OH excluding ortho intramolecular Hbond substituents is 1. The summed E-state index contributed by atoms with van der Waals surface area (Å²) in [5.74, 6) is -0.176. The number of nitrogens with zero attached hydrogens (tertiary/aromatic N) is 2. The third-order valence-electron chi connectivity index (χ3n) is 3.66. The summed E-state index contributed by atoms with van der Waals surface area (Å²) in [6, 6.07) is 5.01. The number of carbonyl (C=O) groups excluding carboxylic acids is 2. The lowest BCUT2D eigenvalue weighted by molar-refractivity contribution is 0.0240. The maximum absolute atomic E-state index is 12.1. The number of benzene rings is 1. The molecular weight excluding hydrogens is 296 g/mol. The lowest BCUT2D eigenvalue weighted by Crippen LogP contribution is -2.50. The Morgan fingerprint density at radius 1 is 1.13 bits per heavy atom. The summed E-state index contributed by atoms with van der Waals surface area (Å²) in [4.78, 5) is 27.4. The molecule has 1 fully saturated rings. The number of hydrogen-bond donors (Lipinski definition) is 1. The van der Waals surface area contributed by atoms with Gasteiger partial charge in [-0.3, -0.25) is 4.79 Å². The van der Waals surface area contributed by atoms with E-state index in [1.54, 1.807) is 17.0 Å². The molecule has 1 aliphatic rings. The first-order chi connectivity index (χ1) is 10.7. The van der Waals surface area contributed by atoms with Crippen LogP contribution < -0.4 is 4.90 Å². The zero-order chi connectivity index (χ0) is 17.2. The normalized spacial score (nSPS) is 15.5. The highest BCUT2D eigenvalue weighted by Crippen LogP contribution is 2.25. The molecule has 1 aromatic rings. The molecule has 0 aromatic heterocycles. The molecule has 0 aliphatic carbocycles. The minimum Gasteiger partial charge on any atom is -0.507 e. The number of ketones is 1. The fraction of sp³-hybridized carbons (Fsp3) is 0.529. The van der Waals surface area contributed by atoms with Gasteiger partial charge in [0.15, 0.2) is 5.78 Å². The van der Waals surface area contributed by atoms with Gasteiger partial charge in [-0.1, -0.05) is 0 Å². The number of anilines is 1. The Hall–Kier alpha value is -2.24. The molecule has 2 rings (SSSR count). The number of rotatable bonds is 2. The summed E-state index contributed by atoms with van der Waals surface area (Å²) in [5.41, 5.74) is 0.690. The minimum absolute atomic E-state index is 0.00589. The maximum Gasteiger partial charge on any atom is 0.410 e. The zero-order valence-corrected chi connectivity index (χ0v) is 14.1. The van der Waals surface area contributed by atoms with Crippen molar-refractivity contribution in [3.63, 3.8) is 0 Å². The van der Waals surface area contributed by atoms with Crippen LogP contribution in [0.3, 0.4) is 0 Å². The quantitative estimate of drug-likeness (QED) is 0.848. The molecule has 1 N–H and O–H groups in total. The van der Waals surface area contributed by atoms with E-state index in [1.165, 1.54) is 13.0 Å². The SMILES string of the molecule is CC(=O)c1cc(N2CCN(C(=O)OC(C)(C)C)CC2)ccc1O. The van der Waals surface area contributed by atoms with Crippen LogP contribution in [0.15, 0.2) is 18.2 Å². The summed E-state index contributed by atoms with van der Waals surface area (Å²) in [6.45, 7) is 9.40. The lowest BCUT2D eigenvalue weighted by atomic mass is 10.1. The van der Waals surface area contributed by atoms with E-state index in [0.717, 1.165) is 5.69 Å². The van der Waals surface area contributed by atoms with Crippen LogP contribution in [0.25, 0.3) is 0 Å². The number of ether oxygens (including phenoxy) is 1. The summed E-state index contributed by atoms with van der Waals surface area (Å²) in [6.07, 6.45) is -0.299. The highest BCUT2D eigenvalue weighted by Gasteiger charge is 2.26. The van der Waals surface area contributed by atoms with Gasteiger partial charge in [0.1, 0.15) is 11.4 Å². The monoisotopic (exact) mass is 320 g/mol. The second-order valence-corrected chi connectivity index (χ2v) is 6.71. The second kappa shape index (κ2) is 6.48. The molecule has 1 amide bonds. The summed E-state index contributed by atoms with van der Waals surface area (Å²) < 4.78 is 5.38. The van der Waals surface area contributed by atoms with E-state index in [4.69, 9.17) is 4.74 Å². The molecule has 6 heteroatoms. The van der Waals surface area contributed by atoms with Gasteiger partial charge in [-0.2, -0.15) is 0 Å². The number of carbonyl (C=O) groups is 2. The molecule has 1 heterocycles. The van der Waals surface area contributed by atoms with Crippen LogP contribution in [-0.4, -0.2) is 53.7 Å². The van der Waals surface area contributed by atoms with E-state index >= 15 is 0 Å². The van der Waals surface area contributed by atoms with Crippen molar-refractivity contribution >= 4 is 17.6 Å². The minimum atomic E-state index is -0.498. The van der Waals surface area contributed by atoms with Gasteiger partial charge in [-0.25, -0.2) is 4.79 Å². The molecule has 1 saturated heterocycles. The third kappa shape index (κ3) is 4.37. The summed E-state index contributed by atoms with van der Waals surface area (Å²) in [5, 5.41) is 9.72. The van der Waals surface area contributed by atoms with E-state index in [9.17, 15) is 14.7 Å². The molecule has 23 heavy (non-hydrogen) atoms. The van der Waals surface area contributed by atoms with Crippen molar-refractivity contribution in [1.29, 1.82) is 0 Å². The van der Waals surface area contributed by atoms with Crippen molar-refractivity contribution in [3.05, 3.63) is 23.8 Å². The van der Waals surface area contributed by atoms with E-state index < -0.39 is 5.60 Å². The second-order valence-electron chi connectivity index (χ2n) is 6.71. The van der Waals surface area contributed by atoms with Gasteiger partial charge >= 0.3 is 6.09 Å². The van der Waals surface area contributed by atoms with Crippen LogP contribution in [0.4, 0.5) is 10.5 Å². The van der Waals surface area contributed by atoms with Gasteiger partial charge in [0.05, 0.1) is 5.56 Å². The molecule has 0 radical (unpaired) electrons. The first-order valence-corrected chi connectivity index (χ1v) is 7.74. The molecule has 0 unspecified atom stereocenters. The third-order valence-corrected chi connectivity index (χ3v) is 3.66. The van der Waals surface area contributed by atoms with Crippen LogP contribution in [0.1, 0.15) is 38.1 Å². The van der Waals surface area contributed by atoms with Gasteiger partial charge < -0.3 is 19.6 Å². The number of Topliss-reactive ketones (excluding diaryl/α,β-unsaturated/α-hetero) is 1. The molecule has 6 nitrogen and oxygen atoms in total. The van der Waals surface area contributed by atoms with Gasteiger partial charge in [0, 0.05) is 31.9 Å². The molecule has 126 valence electrons. The standard InChI is InChI=1S/C17H24N2O4/c1-12(20)14-11-13(5-6-15(14)21)18-7-9-19(10-8-18)16(22)23-17(2,3)4/h5-6,11,21H,7-10H2,1-4H3. The van der Waals surface area contributed by atoms with Gasteiger partial charge in [0.2, 0.25) is 0 Å². The van der Waals surface area contributed by atoms with Crippen LogP contribution >= 0.6 is 0 Å². The average Bonchev–Trinajstić information content (AvgIpc) is 2.46. The highest BCUT2D eigenvalue weighted by molar-refractivity contribution is 5.97. The van der Waals surface area contributed by atoms with E-state index in [-0.39, 0.29) is 17.6 Å². The van der Waals surface area contributed by atoms with Crippen molar-refractivity contribution in [2.24, 2.45) is 0 Å². The Balaban J connectivity index is 2.01. The van der Waals surface area contributed by atoms with E-state index in [1.807, 2.05) is 20.8 Å². The fourth-order valence-electron chi connectivity index (χ4n) is 2.48. The number of phenols is 1. The van der Waals surface area contributed by atoms with Crippen LogP contribution in [0, 0.1) is 0 Å². The topological polar surface area (TPSA) is 70.1 Å². The lowest BCUT2D eigenvalue weighted by Gasteiger charge is -2.36. The number of hydrogen-bond acceptors (Lipinski definition) is 5. The van der Waals surface area contributed by atoms with E-state index in [0.29, 0.717) is 31.7 Å². The van der Waals surface area contributed by atoms with Crippen LogP contribution in [0.2, 0.25) is 0 Å². The van der Waals surface area contributed by atoms with Crippen molar-refractivity contribution in [2.45, 2.75) is 33.3 Å². The Kier molecular flexibility index (Phi) is 4.82. The number of piperazine rings is 1. The molecule has 0 bridgehead atoms. The predicted molar refractivity (Wildman–Crippen MR) is 88.1 cm³/mol. The maximum atomic E-state index is 12.1. The van der Waals surface area contributed by atoms with Crippen molar-refractivity contribution in [1.82, 2.24) is 4.90 Å². The summed E-state index contributed by atoms with van der Waals surface area (Å²) in [7, 11) is 0. The van der Waals surface area contributed by atoms with Crippen molar-refractivity contribution in [3.8, 4) is 5.75 Å². The molecule has 0 spiro atoms. The zero-order valence-electron chi connectivity index (χ0n) is 14.1. The van der Waals surface area contributed by atoms with Crippen molar-refractivity contribution < 1.29 is 19.4 Å². The van der Waals surface area contributed by atoms with Gasteiger partial charge in [-0.15, -0.1) is 0 Å². The molecule has 1 aromatic carbocycles. The first-order valence-electron chi connectivity index (χ1n) is 7.74. The number of amides is 1. The summed E-state index contributed by atoms with van der Waals surface area (Å²) >= 11 is 0. The Morgan fingerprint density at radius 3 is 2.26 bits per heavy atom. The highest BCUT2D eigenvalue weighted by atomic mass is 16.6.